The topological polar surface area (TPSA) is 59.2 Å². The summed E-state index contributed by atoms with van der Waals surface area (Å²) in [6, 6.07) is 4.03. The number of halogens is 4. The lowest BCUT2D eigenvalue weighted by Gasteiger charge is -2.00. The molecule has 1 N–H and O–H groups in total. The van der Waals surface area contributed by atoms with Crippen molar-refractivity contribution in [2.24, 2.45) is 0 Å². The van der Waals surface area contributed by atoms with Crippen LogP contribution >= 0.6 is 11.6 Å². The third kappa shape index (κ3) is 2.92. The molecular weight excluding hydrogens is 273 g/mol. The first kappa shape index (κ1) is 12.7. The fourth-order valence-corrected chi connectivity index (χ4v) is 1.47. The van der Waals surface area contributed by atoms with Crippen LogP contribution in [0.3, 0.4) is 0 Å². The van der Waals surface area contributed by atoms with E-state index in [1.807, 2.05) is 0 Å². The lowest BCUT2D eigenvalue weighted by Crippen LogP contribution is -2.12. The van der Waals surface area contributed by atoms with Gasteiger partial charge >= 0.3 is 6.18 Å². The Morgan fingerprint density at radius 3 is 2.72 bits per heavy atom. The summed E-state index contributed by atoms with van der Waals surface area (Å²) in [5.74, 6) is -0.923. The SMILES string of the molecule is Oc1ccc(Cl)cc1-c1nc(CC(F)(F)F)no1. The number of alkyl halides is 3. The number of aromatic nitrogens is 2. The zero-order chi connectivity index (χ0) is 13.3. The molecule has 1 heterocycles. The van der Waals surface area contributed by atoms with Gasteiger partial charge in [-0.05, 0) is 18.2 Å². The molecule has 0 unspecified atom stereocenters. The third-order valence-corrected chi connectivity index (χ3v) is 2.25. The minimum Gasteiger partial charge on any atom is -0.507 e. The Morgan fingerprint density at radius 1 is 1.33 bits per heavy atom. The van der Waals surface area contributed by atoms with Gasteiger partial charge in [0.1, 0.15) is 12.2 Å². The van der Waals surface area contributed by atoms with Crippen LogP contribution in [0.25, 0.3) is 11.5 Å². The van der Waals surface area contributed by atoms with E-state index in [1.165, 1.54) is 18.2 Å². The molecule has 0 spiro atoms. The molecule has 0 saturated carbocycles. The van der Waals surface area contributed by atoms with Gasteiger partial charge in [0.2, 0.25) is 0 Å². The predicted octanol–water partition coefficient (Wildman–Crippen LogP) is 3.20. The van der Waals surface area contributed by atoms with E-state index in [0.29, 0.717) is 5.02 Å². The smallest absolute Gasteiger partial charge is 0.396 e. The van der Waals surface area contributed by atoms with Crippen LogP contribution in [-0.2, 0) is 6.42 Å². The van der Waals surface area contributed by atoms with Gasteiger partial charge < -0.3 is 9.63 Å². The minimum atomic E-state index is -4.42. The van der Waals surface area contributed by atoms with Crippen LogP contribution in [0.15, 0.2) is 22.7 Å². The van der Waals surface area contributed by atoms with Gasteiger partial charge in [-0.1, -0.05) is 16.8 Å². The van der Waals surface area contributed by atoms with Gasteiger partial charge in [-0.25, -0.2) is 0 Å². The number of aromatic hydroxyl groups is 1. The molecule has 0 saturated heterocycles. The first-order chi connectivity index (χ1) is 8.35. The second-order valence-corrected chi connectivity index (χ2v) is 3.91. The van der Waals surface area contributed by atoms with Crippen molar-refractivity contribution < 1.29 is 22.8 Å². The highest BCUT2D eigenvalue weighted by molar-refractivity contribution is 6.30. The van der Waals surface area contributed by atoms with E-state index in [9.17, 15) is 18.3 Å². The summed E-state index contributed by atoms with van der Waals surface area (Å²) in [6.07, 6.45) is -5.71. The Balaban J connectivity index is 2.32. The summed E-state index contributed by atoms with van der Waals surface area (Å²) in [5, 5.41) is 13.0. The molecule has 0 aliphatic carbocycles. The van der Waals surface area contributed by atoms with Crippen LogP contribution in [0.1, 0.15) is 5.82 Å². The molecule has 0 aliphatic rings. The van der Waals surface area contributed by atoms with Crippen molar-refractivity contribution in [1.82, 2.24) is 10.1 Å². The standard InChI is InChI=1S/C10H6ClF3N2O2/c11-5-1-2-7(17)6(3-5)9-15-8(16-18-9)4-10(12,13)14/h1-3,17H,4H2. The molecule has 0 amide bonds. The highest BCUT2D eigenvalue weighted by Crippen LogP contribution is 2.31. The summed E-state index contributed by atoms with van der Waals surface area (Å²) >= 11 is 5.70. The van der Waals surface area contributed by atoms with Crippen LogP contribution in [0.2, 0.25) is 5.02 Å². The summed E-state index contributed by atoms with van der Waals surface area (Å²) in [5.41, 5.74) is 0.0865. The lowest BCUT2D eigenvalue weighted by molar-refractivity contribution is -0.128. The molecule has 2 rings (SSSR count). The quantitative estimate of drug-likeness (QED) is 0.916. The van der Waals surface area contributed by atoms with Crippen molar-refractivity contribution in [3.8, 4) is 17.2 Å². The van der Waals surface area contributed by atoms with Gasteiger partial charge in [-0.15, -0.1) is 0 Å². The van der Waals surface area contributed by atoms with Crippen molar-refractivity contribution in [1.29, 1.82) is 0 Å². The summed E-state index contributed by atoms with van der Waals surface area (Å²) in [4.78, 5) is 3.55. The van der Waals surface area contributed by atoms with E-state index in [0.717, 1.165) is 0 Å². The van der Waals surface area contributed by atoms with Crippen LogP contribution in [0, 0.1) is 0 Å². The third-order valence-electron chi connectivity index (χ3n) is 2.02. The van der Waals surface area contributed by atoms with Gasteiger partial charge in [-0.2, -0.15) is 18.2 Å². The molecule has 0 bridgehead atoms. The summed E-state index contributed by atoms with van der Waals surface area (Å²) < 4.78 is 41.0. The van der Waals surface area contributed by atoms with Crippen LogP contribution in [0.5, 0.6) is 5.75 Å². The normalized spacial score (nSPS) is 11.8. The van der Waals surface area contributed by atoms with E-state index in [4.69, 9.17) is 11.6 Å². The Labute approximate surface area is 104 Å². The zero-order valence-corrected chi connectivity index (χ0v) is 9.46. The van der Waals surface area contributed by atoms with Crippen molar-refractivity contribution in [2.45, 2.75) is 12.6 Å². The molecule has 0 fully saturated rings. The number of benzene rings is 1. The fourth-order valence-electron chi connectivity index (χ4n) is 1.29. The van der Waals surface area contributed by atoms with E-state index in [1.54, 1.807) is 0 Å². The number of rotatable bonds is 2. The number of phenols is 1. The molecule has 18 heavy (non-hydrogen) atoms. The summed E-state index contributed by atoms with van der Waals surface area (Å²) in [7, 11) is 0. The molecule has 0 radical (unpaired) electrons. The average Bonchev–Trinajstić information content (AvgIpc) is 2.67. The van der Waals surface area contributed by atoms with Crippen molar-refractivity contribution >= 4 is 11.6 Å². The molecule has 2 aromatic rings. The monoisotopic (exact) mass is 278 g/mol. The minimum absolute atomic E-state index is 0.0865. The van der Waals surface area contributed by atoms with Gasteiger partial charge in [-0.3, -0.25) is 0 Å². The maximum absolute atomic E-state index is 12.1. The van der Waals surface area contributed by atoms with Gasteiger partial charge in [0.25, 0.3) is 5.89 Å². The summed E-state index contributed by atoms with van der Waals surface area (Å²) in [6.45, 7) is 0. The van der Waals surface area contributed by atoms with Gasteiger partial charge in [0.05, 0.1) is 5.56 Å². The predicted molar refractivity (Wildman–Crippen MR) is 56.2 cm³/mol. The second kappa shape index (κ2) is 4.49. The maximum Gasteiger partial charge on any atom is 0.396 e. The Kier molecular flexibility index (Phi) is 3.16. The fraction of sp³-hybridized carbons (Fsp3) is 0.200. The Hall–Kier alpha value is -1.76. The first-order valence-electron chi connectivity index (χ1n) is 4.73. The largest absolute Gasteiger partial charge is 0.507 e. The van der Waals surface area contributed by atoms with Crippen molar-refractivity contribution in [3.63, 3.8) is 0 Å². The van der Waals surface area contributed by atoms with Gasteiger partial charge in [0.15, 0.2) is 5.82 Å². The highest BCUT2D eigenvalue weighted by atomic mass is 35.5. The lowest BCUT2D eigenvalue weighted by atomic mass is 10.2. The molecule has 96 valence electrons. The van der Waals surface area contributed by atoms with Crippen LogP contribution in [-0.4, -0.2) is 21.4 Å². The first-order valence-corrected chi connectivity index (χ1v) is 5.11. The molecule has 0 atom stereocenters. The molecular formula is C10H6ClF3N2O2. The molecule has 1 aromatic carbocycles. The second-order valence-electron chi connectivity index (χ2n) is 3.47. The molecule has 4 nitrogen and oxygen atoms in total. The average molecular weight is 279 g/mol. The van der Waals surface area contributed by atoms with E-state index < -0.39 is 18.4 Å². The molecule has 1 aromatic heterocycles. The van der Waals surface area contributed by atoms with Crippen LogP contribution in [0.4, 0.5) is 13.2 Å². The Morgan fingerprint density at radius 2 is 2.06 bits per heavy atom. The number of nitrogens with zero attached hydrogens (tertiary/aromatic N) is 2. The van der Waals surface area contributed by atoms with Crippen LogP contribution < -0.4 is 0 Å². The zero-order valence-electron chi connectivity index (χ0n) is 8.70. The number of phenolic OH excluding ortho intramolecular Hbond substituents is 1. The van der Waals surface area contributed by atoms with Gasteiger partial charge in [0, 0.05) is 5.02 Å². The Bertz CT molecular complexity index is 568. The highest BCUT2D eigenvalue weighted by Gasteiger charge is 2.30. The molecule has 8 heteroatoms. The van der Waals surface area contributed by atoms with Crippen molar-refractivity contribution in [2.75, 3.05) is 0 Å². The van der Waals surface area contributed by atoms with Crippen molar-refractivity contribution in [3.05, 3.63) is 29.0 Å². The maximum atomic E-state index is 12.1. The van der Waals surface area contributed by atoms with E-state index in [-0.39, 0.29) is 17.2 Å². The number of hydrogen-bond donors (Lipinski definition) is 1. The molecule has 0 aliphatic heterocycles. The number of hydrogen-bond acceptors (Lipinski definition) is 4. The van der Waals surface area contributed by atoms with E-state index in [2.05, 4.69) is 14.7 Å². The van der Waals surface area contributed by atoms with E-state index >= 15 is 0 Å².